The fourth-order valence-electron chi connectivity index (χ4n) is 3.07. The molecule has 2 aliphatic rings. The van der Waals surface area contributed by atoms with Gasteiger partial charge in [-0.1, -0.05) is 6.07 Å². The molecule has 1 aromatic carbocycles. The molecule has 2 aliphatic heterocycles. The molecule has 2 heterocycles. The third-order valence-electron chi connectivity index (χ3n) is 4.18. The molecule has 1 aromatic rings. The average Bonchev–Trinajstić information content (AvgIpc) is 2.90. The van der Waals surface area contributed by atoms with Crippen LogP contribution in [0.25, 0.3) is 0 Å². The number of para-hydroxylation sites is 1. The highest BCUT2D eigenvalue weighted by molar-refractivity contribution is 5.96. The first-order valence-electron chi connectivity index (χ1n) is 7.65. The molecule has 0 aliphatic carbocycles. The Morgan fingerprint density at radius 2 is 2.13 bits per heavy atom. The lowest BCUT2D eigenvalue weighted by atomic mass is 10.1. The maximum atomic E-state index is 13.1. The molecule has 0 bridgehead atoms. The summed E-state index contributed by atoms with van der Waals surface area (Å²) in [6.07, 6.45) is -2.67. The predicted molar refractivity (Wildman–Crippen MR) is 77.5 cm³/mol. The number of halogens is 3. The molecule has 126 valence electrons. The zero-order chi connectivity index (χ0) is 16.6. The number of hydrogen-bond acceptors (Lipinski definition) is 3. The predicted octanol–water partition coefficient (Wildman–Crippen LogP) is 3.39. The van der Waals surface area contributed by atoms with Crippen LogP contribution in [0.1, 0.15) is 31.7 Å². The fraction of sp³-hybridized carbons (Fsp3) is 0.562. The largest absolute Gasteiger partial charge is 0.489 e. The maximum Gasteiger partial charge on any atom is 0.420 e. The van der Waals surface area contributed by atoms with E-state index in [4.69, 9.17) is 9.47 Å². The van der Waals surface area contributed by atoms with E-state index in [1.165, 1.54) is 17.0 Å². The van der Waals surface area contributed by atoms with Crippen LogP contribution < -0.4 is 9.64 Å². The Morgan fingerprint density at radius 1 is 1.35 bits per heavy atom. The molecule has 0 aromatic heterocycles. The summed E-state index contributed by atoms with van der Waals surface area (Å²) in [5, 5.41) is 0. The molecule has 23 heavy (non-hydrogen) atoms. The summed E-state index contributed by atoms with van der Waals surface area (Å²) in [6.45, 7) is 2.24. The molecule has 3 rings (SSSR count). The molecule has 1 fully saturated rings. The number of carbonyl (C=O) groups excluding carboxylic acids is 1. The highest BCUT2D eigenvalue weighted by Gasteiger charge is 2.38. The van der Waals surface area contributed by atoms with Crippen LogP contribution in [0.5, 0.6) is 5.75 Å². The molecule has 0 radical (unpaired) electrons. The van der Waals surface area contributed by atoms with E-state index < -0.39 is 11.7 Å². The molecule has 7 heteroatoms. The Kier molecular flexibility index (Phi) is 4.23. The normalized spacial score (nSPS) is 24.3. The van der Waals surface area contributed by atoms with E-state index in [1.54, 1.807) is 0 Å². The molecular formula is C16H18F3NO3. The van der Waals surface area contributed by atoms with Gasteiger partial charge in [0, 0.05) is 0 Å². The monoisotopic (exact) mass is 329 g/mol. The van der Waals surface area contributed by atoms with Gasteiger partial charge in [-0.3, -0.25) is 4.79 Å². The SMILES string of the molecule is C[C@H]1CC[C@H](CC(=O)N2CCOc3c2cccc3C(F)(F)F)O1. The first-order valence-corrected chi connectivity index (χ1v) is 7.65. The summed E-state index contributed by atoms with van der Waals surface area (Å²) in [4.78, 5) is 13.9. The van der Waals surface area contributed by atoms with Crippen molar-refractivity contribution < 1.29 is 27.4 Å². The zero-order valence-electron chi connectivity index (χ0n) is 12.7. The Hall–Kier alpha value is -1.76. The standard InChI is InChI=1S/C16H18F3NO3/c1-10-5-6-11(23-10)9-14(21)20-7-8-22-15-12(16(17,18)19)3-2-4-13(15)20/h2-4,10-11H,5-9H2,1H3/t10-,11+/m0/s1. The number of carbonyl (C=O) groups is 1. The number of benzene rings is 1. The van der Waals surface area contributed by atoms with Crippen molar-refractivity contribution in [2.45, 2.75) is 44.6 Å². The molecular weight excluding hydrogens is 311 g/mol. The Morgan fingerprint density at radius 3 is 2.78 bits per heavy atom. The topological polar surface area (TPSA) is 38.8 Å². The van der Waals surface area contributed by atoms with Crippen LogP contribution in [0.2, 0.25) is 0 Å². The molecule has 0 N–H and O–H groups in total. The van der Waals surface area contributed by atoms with Crippen LogP contribution in [0.15, 0.2) is 18.2 Å². The van der Waals surface area contributed by atoms with E-state index in [0.29, 0.717) is 0 Å². The summed E-state index contributed by atoms with van der Waals surface area (Å²) in [5.41, 5.74) is -0.666. The first kappa shape index (κ1) is 16.1. The minimum absolute atomic E-state index is 0.0494. The number of nitrogens with zero attached hydrogens (tertiary/aromatic N) is 1. The molecule has 2 atom stereocenters. The van der Waals surface area contributed by atoms with Gasteiger partial charge in [0.05, 0.1) is 36.4 Å². The number of anilines is 1. The quantitative estimate of drug-likeness (QED) is 0.835. The highest BCUT2D eigenvalue weighted by atomic mass is 19.4. The second-order valence-corrected chi connectivity index (χ2v) is 5.90. The molecule has 0 unspecified atom stereocenters. The van der Waals surface area contributed by atoms with Gasteiger partial charge in [-0.25, -0.2) is 0 Å². The van der Waals surface area contributed by atoms with Gasteiger partial charge in [0.15, 0.2) is 5.75 Å². The minimum atomic E-state index is -4.51. The average molecular weight is 329 g/mol. The van der Waals surface area contributed by atoms with Gasteiger partial charge in [0.25, 0.3) is 0 Å². The van der Waals surface area contributed by atoms with Crippen LogP contribution in [0.4, 0.5) is 18.9 Å². The van der Waals surface area contributed by atoms with Crippen LogP contribution in [0, 0.1) is 0 Å². The number of ether oxygens (including phenoxy) is 2. The summed E-state index contributed by atoms with van der Waals surface area (Å²) in [7, 11) is 0. The zero-order valence-corrected chi connectivity index (χ0v) is 12.7. The molecule has 0 spiro atoms. The second kappa shape index (κ2) is 6.03. The summed E-state index contributed by atoms with van der Waals surface area (Å²) in [6, 6.07) is 3.75. The van der Waals surface area contributed by atoms with E-state index in [-0.39, 0.29) is 49.1 Å². The molecule has 4 nitrogen and oxygen atoms in total. The van der Waals surface area contributed by atoms with E-state index >= 15 is 0 Å². The Balaban J connectivity index is 1.83. The van der Waals surface area contributed by atoms with Crippen molar-refractivity contribution >= 4 is 11.6 Å². The van der Waals surface area contributed by atoms with Gasteiger partial charge in [-0.2, -0.15) is 13.2 Å². The smallest absolute Gasteiger partial charge is 0.420 e. The summed E-state index contributed by atoms with van der Waals surface area (Å²) in [5.74, 6) is -0.492. The number of hydrogen-bond donors (Lipinski definition) is 0. The third-order valence-corrected chi connectivity index (χ3v) is 4.18. The second-order valence-electron chi connectivity index (χ2n) is 5.90. The van der Waals surface area contributed by atoms with Crippen molar-refractivity contribution in [2.75, 3.05) is 18.1 Å². The first-order chi connectivity index (χ1) is 10.9. The van der Waals surface area contributed by atoms with E-state index in [1.807, 2.05) is 6.92 Å². The third kappa shape index (κ3) is 3.29. The summed E-state index contributed by atoms with van der Waals surface area (Å²) >= 11 is 0. The number of rotatable bonds is 2. The van der Waals surface area contributed by atoms with Gasteiger partial charge >= 0.3 is 6.18 Å². The van der Waals surface area contributed by atoms with Crippen molar-refractivity contribution in [1.29, 1.82) is 0 Å². The molecule has 1 saturated heterocycles. The van der Waals surface area contributed by atoms with Gasteiger partial charge in [-0.15, -0.1) is 0 Å². The van der Waals surface area contributed by atoms with Gasteiger partial charge in [0.1, 0.15) is 6.61 Å². The number of alkyl halides is 3. The maximum absolute atomic E-state index is 13.1. The van der Waals surface area contributed by atoms with Crippen LogP contribution in [-0.4, -0.2) is 31.3 Å². The van der Waals surface area contributed by atoms with E-state index in [9.17, 15) is 18.0 Å². The van der Waals surface area contributed by atoms with Crippen molar-refractivity contribution in [1.82, 2.24) is 0 Å². The lowest BCUT2D eigenvalue weighted by Gasteiger charge is -2.31. The number of amides is 1. The molecule has 1 amide bonds. The fourth-order valence-corrected chi connectivity index (χ4v) is 3.07. The van der Waals surface area contributed by atoms with Crippen molar-refractivity contribution in [3.8, 4) is 5.75 Å². The lowest BCUT2D eigenvalue weighted by Crippen LogP contribution is -2.40. The minimum Gasteiger partial charge on any atom is -0.489 e. The van der Waals surface area contributed by atoms with Gasteiger partial charge < -0.3 is 14.4 Å². The Bertz CT molecular complexity index is 603. The van der Waals surface area contributed by atoms with Crippen molar-refractivity contribution in [3.05, 3.63) is 23.8 Å². The van der Waals surface area contributed by atoms with Crippen LogP contribution in [0.3, 0.4) is 0 Å². The number of fused-ring (bicyclic) bond motifs is 1. The van der Waals surface area contributed by atoms with E-state index in [0.717, 1.165) is 18.9 Å². The van der Waals surface area contributed by atoms with Gasteiger partial charge in [0.2, 0.25) is 5.91 Å². The Labute approximate surface area is 132 Å². The van der Waals surface area contributed by atoms with Crippen LogP contribution in [-0.2, 0) is 15.7 Å². The molecule has 0 saturated carbocycles. The lowest BCUT2D eigenvalue weighted by molar-refractivity contribution is -0.139. The summed E-state index contributed by atoms with van der Waals surface area (Å²) < 4.78 is 50.0. The van der Waals surface area contributed by atoms with Crippen molar-refractivity contribution in [3.63, 3.8) is 0 Å². The highest BCUT2D eigenvalue weighted by Crippen LogP contribution is 2.43. The van der Waals surface area contributed by atoms with Gasteiger partial charge in [-0.05, 0) is 31.9 Å². The van der Waals surface area contributed by atoms with Crippen molar-refractivity contribution in [2.24, 2.45) is 0 Å². The van der Waals surface area contributed by atoms with Crippen LogP contribution >= 0.6 is 0 Å². The van der Waals surface area contributed by atoms with E-state index in [2.05, 4.69) is 0 Å².